The Labute approximate surface area is 562 Å². The molecule has 2 bridgehead atoms. The number of aliphatic hydroxyl groups is 3. The van der Waals surface area contributed by atoms with Crippen molar-refractivity contribution in [3.8, 4) is 0 Å². The zero-order chi connectivity index (χ0) is 70.4. The fourth-order valence-corrected chi connectivity index (χ4v) is 14.6. The fraction of sp³-hybridized carbons (Fsp3) is 0.561. The lowest BCUT2D eigenvalue weighted by molar-refractivity contribution is -0.140. The Morgan fingerprint density at radius 1 is 0.771 bits per heavy atom. The Morgan fingerprint density at radius 3 is 2.09 bits per heavy atom. The molecule has 96 heavy (non-hydrogen) atoms. The third kappa shape index (κ3) is 19.3. The highest BCUT2D eigenvalue weighted by Crippen LogP contribution is 2.38. The number of anilines is 1. The van der Waals surface area contributed by atoms with Gasteiger partial charge < -0.3 is 73.1 Å². The molecule has 30 heteroatoms. The summed E-state index contributed by atoms with van der Waals surface area (Å²) in [6.45, 7) is 11.3. The van der Waals surface area contributed by atoms with Crippen LogP contribution in [0.4, 0.5) is 5.69 Å². The van der Waals surface area contributed by atoms with Gasteiger partial charge in [-0.15, -0.1) is 0 Å². The van der Waals surface area contributed by atoms with Gasteiger partial charge >= 0.3 is 0 Å². The van der Waals surface area contributed by atoms with Crippen molar-refractivity contribution in [3.05, 3.63) is 71.9 Å². The van der Waals surface area contributed by atoms with E-state index in [1.165, 1.54) is 42.6 Å². The number of nitrogens with zero attached hydrogens (tertiary/aromatic N) is 1. The number of benzene rings is 2. The number of Topliss-reactive ketones (excluding diaryl/α,β-unsaturated/α-hetero) is 3. The highest BCUT2D eigenvalue weighted by atomic mass is 32.2. The summed E-state index contributed by atoms with van der Waals surface area (Å²) in [4.78, 5) is 187. The maximum absolute atomic E-state index is 15.2. The molecule has 13 N–H and O–H groups in total. The lowest BCUT2D eigenvalue weighted by Crippen LogP contribution is -2.55. The molecule has 1 saturated heterocycles. The predicted molar refractivity (Wildman–Crippen MR) is 354 cm³/mol. The largest absolute Gasteiger partial charge is 0.394 e. The van der Waals surface area contributed by atoms with E-state index in [1.807, 2.05) is 6.26 Å². The molecule has 4 unspecified atom stereocenters. The number of likely N-dealkylation sites (tertiary alicyclic amines) is 1. The minimum absolute atomic E-state index is 0.0306. The highest BCUT2D eigenvalue weighted by molar-refractivity contribution is 7.99. The summed E-state index contributed by atoms with van der Waals surface area (Å²) in [6, 6.07) is 6.11. The van der Waals surface area contributed by atoms with Crippen molar-refractivity contribution >= 4 is 116 Å². The molecule has 3 aliphatic heterocycles. The number of rotatable bonds is 19. The number of H-pyrrole nitrogens is 1. The molecule has 2 aromatic carbocycles. The second kappa shape index (κ2) is 34.2. The lowest BCUT2D eigenvalue weighted by Gasteiger charge is -2.31. The third-order valence-electron chi connectivity index (χ3n) is 18.4. The Morgan fingerprint density at radius 2 is 1.44 bits per heavy atom. The van der Waals surface area contributed by atoms with Crippen LogP contribution in [0.2, 0.25) is 0 Å². The average molecular weight is 1370 g/mol. The summed E-state index contributed by atoms with van der Waals surface area (Å²) in [5, 5.41) is 56.3. The van der Waals surface area contributed by atoms with Crippen LogP contribution in [0.3, 0.4) is 0 Å². The van der Waals surface area contributed by atoms with E-state index < -0.39 is 204 Å². The van der Waals surface area contributed by atoms with Crippen LogP contribution >= 0.6 is 11.8 Å². The van der Waals surface area contributed by atoms with Gasteiger partial charge in [-0.3, -0.25) is 66.5 Å². The van der Waals surface area contributed by atoms with Crippen molar-refractivity contribution < 1.29 is 81.9 Å². The number of carbonyl (C=O) groups excluding carboxylic acids is 13. The van der Waals surface area contributed by atoms with Gasteiger partial charge in [0.15, 0.2) is 11.6 Å². The van der Waals surface area contributed by atoms with Gasteiger partial charge in [0.05, 0.1) is 71.7 Å². The number of aliphatic hydroxyl groups excluding tert-OH is 3. The summed E-state index contributed by atoms with van der Waals surface area (Å²) in [5.41, 5.74) is 2.06. The molecule has 4 heterocycles. The Hall–Kier alpha value is -8.19. The van der Waals surface area contributed by atoms with E-state index in [0.29, 0.717) is 34.3 Å². The van der Waals surface area contributed by atoms with Gasteiger partial charge in [-0.1, -0.05) is 78.0 Å². The van der Waals surface area contributed by atoms with Crippen LogP contribution < -0.4 is 47.9 Å². The molecule has 1 aliphatic carbocycles. The van der Waals surface area contributed by atoms with Crippen molar-refractivity contribution in [2.45, 2.75) is 159 Å². The number of ketones is 3. The quantitative estimate of drug-likeness (QED) is 0.0741. The molecule has 10 amide bonds. The van der Waals surface area contributed by atoms with Crippen molar-refractivity contribution in [2.75, 3.05) is 43.6 Å². The van der Waals surface area contributed by atoms with Crippen molar-refractivity contribution in [3.63, 3.8) is 0 Å². The zero-order valence-electron chi connectivity index (χ0n) is 54.9. The number of amides is 10. The van der Waals surface area contributed by atoms with E-state index in [-0.39, 0.29) is 72.9 Å². The summed E-state index contributed by atoms with van der Waals surface area (Å²) in [6.07, 6.45) is -3.75. The van der Waals surface area contributed by atoms with Crippen molar-refractivity contribution in [1.29, 1.82) is 0 Å². The minimum Gasteiger partial charge on any atom is -0.394 e. The lowest BCUT2D eigenvalue weighted by atomic mass is 9.80. The first-order valence-electron chi connectivity index (χ1n) is 32.3. The number of hydrogen-bond donors (Lipinski definition) is 13. The van der Waals surface area contributed by atoms with E-state index in [0.717, 1.165) is 0 Å². The normalized spacial score (nSPS) is 26.0. The first-order chi connectivity index (χ1) is 45.5. The summed E-state index contributed by atoms with van der Waals surface area (Å²) >= 11 is 1.49. The number of carbonyl (C=O) groups is 13. The minimum atomic E-state index is -2.31. The molecule has 1 aromatic heterocycles. The monoisotopic (exact) mass is 1370 g/mol. The van der Waals surface area contributed by atoms with Crippen molar-refractivity contribution in [1.82, 2.24) is 52.4 Å². The van der Waals surface area contributed by atoms with Crippen LogP contribution in [0.5, 0.6) is 0 Å². The van der Waals surface area contributed by atoms with Gasteiger partial charge in [-0.25, -0.2) is 0 Å². The topological polar surface area (TPSA) is 427 Å². The molecule has 7 rings (SSSR count). The van der Waals surface area contributed by atoms with Gasteiger partial charge in [-0.2, -0.15) is 11.8 Å². The molecule has 0 spiro atoms. The van der Waals surface area contributed by atoms with Gasteiger partial charge in [0.2, 0.25) is 59.1 Å². The third-order valence-corrected chi connectivity index (χ3v) is 20.9. The molecule has 3 aromatic rings. The SMILES string of the molecule is C=C1C(SC)CC(=O)N1CCC(=O)NC(C(=O)N[C@@H](C)C(=O)Nc1ccc(CNC(=O)C[C@@H]2CC(=O)[C@@H]3CS(=O)c4[nH]c5ccccc5c4C[C@@H](CC(=O)[C@H]([C@@H](C)[C@@H](O)CO)NC(=O)[C@@H]4C[C@@H](O)CC4C2=O)C(=O)NCC(=O)N[C@@H]([C@@H](C)CC)C(=O)NCC(=O)N3)cc1)C(C)C. The van der Waals surface area contributed by atoms with E-state index in [4.69, 9.17) is 0 Å². The van der Waals surface area contributed by atoms with Gasteiger partial charge in [0.25, 0.3) is 0 Å². The van der Waals surface area contributed by atoms with E-state index in [1.54, 1.807) is 64.1 Å². The Kier molecular flexibility index (Phi) is 26.8. The van der Waals surface area contributed by atoms with Gasteiger partial charge in [-0.05, 0) is 73.6 Å². The number of fused-ring (bicyclic) bond motifs is 5. The van der Waals surface area contributed by atoms with Crippen molar-refractivity contribution in [2.24, 2.45) is 41.4 Å². The molecular weight excluding hydrogens is 1280 g/mol. The molecule has 522 valence electrons. The smallest absolute Gasteiger partial charge is 0.246 e. The average Bonchev–Trinajstić information content (AvgIpc) is 1.64. The number of aromatic nitrogens is 1. The van der Waals surface area contributed by atoms with E-state index in [2.05, 4.69) is 59.4 Å². The second-order valence-electron chi connectivity index (χ2n) is 25.7. The van der Waals surface area contributed by atoms with Gasteiger partial charge in [0, 0.05) is 91.2 Å². The molecule has 1 saturated carbocycles. The predicted octanol–water partition coefficient (Wildman–Crippen LogP) is -0.167. The van der Waals surface area contributed by atoms with Crippen LogP contribution in [0, 0.1) is 41.4 Å². The number of hydrogen-bond acceptors (Lipinski definition) is 18. The molecule has 15 atom stereocenters. The maximum Gasteiger partial charge on any atom is 0.246 e. The number of para-hydroxylation sites is 1. The van der Waals surface area contributed by atoms with Crippen LogP contribution in [0.15, 0.2) is 65.8 Å². The van der Waals surface area contributed by atoms with E-state index in [9.17, 15) is 68.1 Å². The Bertz CT molecular complexity index is 3490. The maximum atomic E-state index is 15.2. The van der Waals surface area contributed by atoms with Crippen LogP contribution in [0.1, 0.15) is 104 Å². The molecular formula is C66H89N11O17S2. The van der Waals surface area contributed by atoms with Crippen LogP contribution in [-0.4, -0.2) is 192 Å². The summed E-state index contributed by atoms with van der Waals surface area (Å²) in [7, 11) is -2.31. The summed E-state index contributed by atoms with van der Waals surface area (Å²) in [5.74, 6) is -18.2. The highest BCUT2D eigenvalue weighted by Gasteiger charge is 2.47. The fourth-order valence-electron chi connectivity index (χ4n) is 12.4. The molecule has 2 fully saturated rings. The number of aromatic amines is 1. The standard InChI is InChI=1S/C66H89N11O17S2/c1-9-33(4)58-64(92)69-28-54(85)72-47-31-96(94)66-45(42-12-10-11-13-46(42)73-66)20-39(62(90)68-29-55(86)75-58)22-49(81)59(34(5)50(82)30-78)76-63(91)44-25-41(79)24-43(44)60(88)38(21-48(47)80)23-53(84)67-27-37-14-16-40(17-15-37)71-61(89)35(6)70-65(93)57(32(2)3)74-52(83)18-19-77-36(7)51(95-8)26-56(77)87/h10-17,32-35,38-39,41,43-44,47,50-51,57-59,73,78-79,82H,7,9,18-31H2,1-6,8H3,(H,67,84)(H,68,90)(H,69,92)(H,70,93)(H,71,89)(H,72,85)(H,74,83)(H,75,86)(H,76,91)/t33-,34-,35-,38-,39-,41-,43?,44+,47-,50-,51?,57?,58-,59-,96?/m0/s1. The van der Waals surface area contributed by atoms with Crippen LogP contribution in [-0.2, 0) is 86.1 Å². The first kappa shape index (κ1) is 75.2. The van der Waals surface area contributed by atoms with Gasteiger partial charge in [0.1, 0.15) is 28.9 Å². The second-order valence-corrected chi connectivity index (χ2v) is 28.1. The zero-order valence-corrected chi connectivity index (χ0v) is 56.5. The number of nitrogens with one attached hydrogen (secondary N) is 10. The van der Waals surface area contributed by atoms with Crippen LogP contribution in [0.25, 0.3) is 10.9 Å². The summed E-state index contributed by atoms with van der Waals surface area (Å²) < 4.78 is 15.1. The number of thioether (sulfide) groups is 1. The molecule has 28 nitrogen and oxygen atoms in total. The molecule has 4 aliphatic rings. The Balaban J connectivity index is 1.14. The first-order valence-corrected chi connectivity index (χ1v) is 34.9. The van der Waals surface area contributed by atoms with E-state index >= 15 is 13.8 Å². The molecule has 0 radical (unpaired) electrons.